The minimum Gasteiger partial charge on any atom is -0.355 e. The molecule has 6 heteroatoms. The molecule has 1 saturated heterocycles. The van der Waals surface area contributed by atoms with Crippen molar-refractivity contribution in [2.45, 2.75) is 38.5 Å². The lowest BCUT2D eigenvalue weighted by atomic mass is 10.3. The predicted octanol–water partition coefficient (Wildman–Crippen LogP) is 0.427. The third kappa shape index (κ3) is 9.34. The summed E-state index contributed by atoms with van der Waals surface area (Å²) in [7, 11) is 0. The average Bonchev–Trinajstić information content (AvgIpc) is 2.39. The summed E-state index contributed by atoms with van der Waals surface area (Å²) < 4.78 is 0. The number of piperazine rings is 1. The second kappa shape index (κ2) is 10.4. The summed E-state index contributed by atoms with van der Waals surface area (Å²) in [5.41, 5.74) is 0. The van der Waals surface area contributed by atoms with E-state index in [2.05, 4.69) is 46.9 Å². The van der Waals surface area contributed by atoms with Gasteiger partial charge in [0, 0.05) is 70.1 Å². The highest BCUT2D eigenvalue weighted by atomic mass is 32.1. The molecule has 1 heterocycles. The normalized spacial score (nSPS) is 18.9. The molecule has 2 N–H and O–H groups in total. The first-order valence-corrected chi connectivity index (χ1v) is 8.62. The molecule has 0 radical (unpaired) electrons. The molecule has 5 nitrogen and oxygen atoms in total. The Morgan fingerprint density at radius 3 is 2.05 bits per heavy atom. The van der Waals surface area contributed by atoms with Crippen LogP contribution >= 0.6 is 12.6 Å². The summed E-state index contributed by atoms with van der Waals surface area (Å²) in [5, 5.41) is 6.56. The Labute approximate surface area is 135 Å². The van der Waals surface area contributed by atoms with Crippen LogP contribution in [0.1, 0.15) is 27.2 Å². The van der Waals surface area contributed by atoms with E-state index in [-0.39, 0.29) is 11.2 Å². The standard InChI is InChI=1S/C15H32N4OS/c1-13(2)16-4-6-18-8-10-19(11-9-18)7-5-17-15(20)12-14(3)21/h13-14,16,21H,4-12H2,1-3H3,(H,17,20). The maximum absolute atomic E-state index is 11.5. The van der Waals surface area contributed by atoms with Crippen LogP contribution in [0.5, 0.6) is 0 Å². The van der Waals surface area contributed by atoms with Gasteiger partial charge in [0.1, 0.15) is 0 Å². The second-order valence-electron chi connectivity index (χ2n) is 6.20. The van der Waals surface area contributed by atoms with Gasteiger partial charge in [-0.05, 0) is 0 Å². The maximum atomic E-state index is 11.5. The SMILES string of the molecule is CC(S)CC(=O)NCCN1CCN(CCNC(C)C)CC1. The fourth-order valence-corrected chi connectivity index (χ4v) is 2.61. The third-order valence-electron chi connectivity index (χ3n) is 3.68. The molecule has 0 aliphatic carbocycles. The minimum atomic E-state index is 0.107. The summed E-state index contributed by atoms with van der Waals surface area (Å²) in [4.78, 5) is 16.5. The number of rotatable bonds is 9. The largest absolute Gasteiger partial charge is 0.355 e. The molecule has 1 aliphatic rings. The highest BCUT2D eigenvalue weighted by Gasteiger charge is 2.16. The van der Waals surface area contributed by atoms with Crippen molar-refractivity contribution in [2.75, 3.05) is 52.4 Å². The number of nitrogens with one attached hydrogen (secondary N) is 2. The molecule has 124 valence electrons. The topological polar surface area (TPSA) is 47.6 Å². The van der Waals surface area contributed by atoms with E-state index in [0.717, 1.165) is 52.4 Å². The van der Waals surface area contributed by atoms with Crippen LogP contribution in [0.25, 0.3) is 0 Å². The second-order valence-corrected chi connectivity index (χ2v) is 7.08. The van der Waals surface area contributed by atoms with E-state index in [1.54, 1.807) is 0 Å². The van der Waals surface area contributed by atoms with Crippen LogP contribution in [0.15, 0.2) is 0 Å². The fourth-order valence-electron chi connectivity index (χ4n) is 2.44. The Morgan fingerprint density at radius 2 is 1.57 bits per heavy atom. The summed E-state index contributed by atoms with van der Waals surface area (Å²) in [6, 6.07) is 0.565. The van der Waals surface area contributed by atoms with E-state index in [1.165, 1.54) is 0 Å². The molecule has 1 amide bonds. The van der Waals surface area contributed by atoms with Crippen molar-refractivity contribution in [3.8, 4) is 0 Å². The van der Waals surface area contributed by atoms with Gasteiger partial charge < -0.3 is 10.6 Å². The van der Waals surface area contributed by atoms with Crippen molar-refractivity contribution < 1.29 is 4.79 Å². The Balaban J connectivity index is 2.04. The van der Waals surface area contributed by atoms with Crippen LogP contribution in [-0.4, -0.2) is 79.4 Å². The Hall–Kier alpha value is -0.300. The molecule has 0 saturated carbocycles. The molecule has 0 bridgehead atoms. The molecule has 0 spiro atoms. The van der Waals surface area contributed by atoms with Gasteiger partial charge in [-0.1, -0.05) is 20.8 Å². The van der Waals surface area contributed by atoms with Crippen molar-refractivity contribution in [1.82, 2.24) is 20.4 Å². The fraction of sp³-hybridized carbons (Fsp3) is 0.933. The lowest BCUT2D eigenvalue weighted by Gasteiger charge is -2.34. The molecule has 21 heavy (non-hydrogen) atoms. The summed E-state index contributed by atoms with van der Waals surface area (Å²) in [6.07, 6.45) is 0.500. The number of nitrogens with zero attached hydrogens (tertiary/aromatic N) is 2. The van der Waals surface area contributed by atoms with E-state index < -0.39 is 0 Å². The lowest BCUT2D eigenvalue weighted by Crippen LogP contribution is -2.50. The highest BCUT2D eigenvalue weighted by molar-refractivity contribution is 7.80. The Morgan fingerprint density at radius 1 is 1.05 bits per heavy atom. The first-order chi connectivity index (χ1) is 9.97. The summed E-state index contributed by atoms with van der Waals surface area (Å²) >= 11 is 4.23. The van der Waals surface area contributed by atoms with Crippen molar-refractivity contribution >= 4 is 18.5 Å². The van der Waals surface area contributed by atoms with E-state index in [9.17, 15) is 4.79 Å². The summed E-state index contributed by atoms with van der Waals surface area (Å²) in [6.45, 7) is 14.6. The number of thiol groups is 1. The molecule has 0 aromatic carbocycles. The van der Waals surface area contributed by atoms with Gasteiger partial charge in [0.15, 0.2) is 0 Å². The van der Waals surface area contributed by atoms with Crippen molar-refractivity contribution in [3.05, 3.63) is 0 Å². The molecule has 1 unspecified atom stereocenters. The van der Waals surface area contributed by atoms with Gasteiger partial charge in [-0.25, -0.2) is 0 Å². The lowest BCUT2D eigenvalue weighted by molar-refractivity contribution is -0.121. The third-order valence-corrected chi connectivity index (χ3v) is 3.86. The molecule has 1 fully saturated rings. The highest BCUT2D eigenvalue weighted by Crippen LogP contribution is 2.01. The molecule has 0 aromatic rings. The van der Waals surface area contributed by atoms with Crippen LogP contribution in [0, 0.1) is 0 Å². The van der Waals surface area contributed by atoms with Gasteiger partial charge >= 0.3 is 0 Å². The van der Waals surface area contributed by atoms with E-state index in [0.29, 0.717) is 12.5 Å². The van der Waals surface area contributed by atoms with Gasteiger partial charge in [0.2, 0.25) is 5.91 Å². The molecular formula is C15H32N4OS. The van der Waals surface area contributed by atoms with Gasteiger partial charge in [0.05, 0.1) is 0 Å². The smallest absolute Gasteiger partial charge is 0.221 e. The Kier molecular flexibility index (Phi) is 9.31. The maximum Gasteiger partial charge on any atom is 0.221 e. The van der Waals surface area contributed by atoms with Crippen LogP contribution in [-0.2, 0) is 4.79 Å². The number of carbonyl (C=O) groups excluding carboxylic acids is 1. The molecular weight excluding hydrogens is 284 g/mol. The molecule has 1 rings (SSSR count). The van der Waals surface area contributed by atoms with Crippen molar-refractivity contribution in [2.24, 2.45) is 0 Å². The zero-order valence-electron chi connectivity index (χ0n) is 13.8. The number of hydrogen-bond acceptors (Lipinski definition) is 5. The summed E-state index contributed by atoms with van der Waals surface area (Å²) in [5.74, 6) is 0.107. The van der Waals surface area contributed by atoms with Crippen LogP contribution in [0.4, 0.5) is 0 Å². The zero-order chi connectivity index (χ0) is 15.7. The van der Waals surface area contributed by atoms with Crippen LogP contribution < -0.4 is 10.6 Å². The van der Waals surface area contributed by atoms with Gasteiger partial charge in [-0.15, -0.1) is 0 Å². The number of amides is 1. The first kappa shape index (κ1) is 18.7. The first-order valence-electron chi connectivity index (χ1n) is 8.10. The molecule has 1 atom stereocenters. The number of carbonyl (C=O) groups is 1. The van der Waals surface area contributed by atoms with Gasteiger partial charge in [0.25, 0.3) is 0 Å². The number of hydrogen-bond donors (Lipinski definition) is 3. The van der Waals surface area contributed by atoms with Crippen molar-refractivity contribution in [1.29, 1.82) is 0 Å². The Bertz CT molecular complexity index is 291. The van der Waals surface area contributed by atoms with Crippen LogP contribution in [0.2, 0.25) is 0 Å². The van der Waals surface area contributed by atoms with Gasteiger partial charge in [-0.2, -0.15) is 12.6 Å². The van der Waals surface area contributed by atoms with Gasteiger partial charge in [-0.3, -0.25) is 14.6 Å². The predicted molar refractivity (Wildman–Crippen MR) is 92.1 cm³/mol. The molecule has 0 aromatic heterocycles. The van der Waals surface area contributed by atoms with E-state index in [4.69, 9.17) is 0 Å². The van der Waals surface area contributed by atoms with Crippen molar-refractivity contribution in [3.63, 3.8) is 0 Å². The monoisotopic (exact) mass is 316 g/mol. The molecule has 1 aliphatic heterocycles. The van der Waals surface area contributed by atoms with Crippen LogP contribution in [0.3, 0.4) is 0 Å². The zero-order valence-corrected chi connectivity index (χ0v) is 14.7. The van der Waals surface area contributed by atoms with E-state index in [1.807, 2.05) is 6.92 Å². The van der Waals surface area contributed by atoms with E-state index >= 15 is 0 Å². The quantitative estimate of drug-likeness (QED) is 0.540. The minimum absolute atomic E-state index is 0.107. The average molecular weight is 317 g/mol.